The molecule has 7 heteroatoms. The van der Waals surface area contributed by atoms with Crippen LogP contribution in [0.1, 0.15) is 31.7 Å². The molecule has 7 nitrogen and oxygen atoms in total. The Labute approximate surface area is 115 Å². The fourth-order valence-corrected chi connectivity index (χ4v) is 2.20. The van der Waals surface area contributed by atoms with E-state index in [4.69, 9.17) is 0 Å². The smallest absolute Gasteiger partial charge is 0.328 e. The molecule has 0 aliphatic heterocycles. The van der Waals surface area contributed by atoms with Crippen LogP contribution >= 0.6 is 0 Å². The second-order valence-electron chi connectivity index (χ2n) is 5.10. The Balaban J connectivity index is 2.19. The number of aromatic nitrogens is 2. The van der Waals surface area contributed by atoms with Crippen LogP contribution in [0.15, 0.2) is 15.8 Å². The highest BCUT2D eigenvalue weighted by Gasteiger charge is 2.26. The standard InChI is InChI=1S/C13H19N3O4/c1-2-8-6-16(13(20)15-11(8)17)7-10(12(18)19)14-9-4-3-5-9/h6,9-10,14H,2-5,7H2,1H3,(H,18,19)(H,15,17,20). The van der Waals surface area contributed by atoms with Crippen molar-refractivity contribution in [2.24, 2.45) is 0 Å². The molecule has 1 heterocycles. The fourth-order valence-electron chi connectivity index (χ4n) is 2.20. The molecule has 0 bridgehead atoms. The van der Waals surface area contributed by atoms with Gasteiger partial charge in [0, 0.05) is 17.8 Å². The molecule has 1 unspecified atom stereocenters. The summed E-state index contributed by atoms with van der Waals surface area (Å²) >= 11 is 0. The third-order valence-electron chi connectivity index (χ3n) is 3.68. The highest BCUT2D eigenvalue weighted by atomic mass is 16.4. The van der Waals surface area contributed by atoms with Crippen LogP contribution in [0, 0.1) is 0 Å². The second-order valence-corrected chi connectivity index (χ2v) is 5.10. The van der Waals surface area contributed by atoms with Crippen molar-refractivity contribution in [3.05, 3.63) is 32.6 Å². The van der Waals surface area contributed by atoms with Crippen molar-refractivity contribution in [1.29, 1.82) is 0 Å². The molecule has 1 aliphatic rings. The van der Waals surface area contributed by atoms with E-state index in [1.807, 2.05) is 0 Å². The van der Waals surface area contributed by atoms with Gasteiger partial charge in [-0.25, -0.2) is 4.79 Å². The number of carboxylic acids is 1. The van der Waals surface area contributed by atoms with Crippen LogP contribution < -0.4 is 16.6 Å². The van der Waals surface area contributed by atoms with Gasteiger partial charge < -0.3 is 10.4 Å². The molecule has 2 rings (SSSR count). The van der Waals surface area contributed by atoms with Gasteiger partial charge in [0.2, 0.25) is 0 Å². The quantitative estimate of drug-likeness (QED) is 0.664. The van der Waals surface area contributed by atoms with Crippen LogP contribution in [0.2, 0.25) is 0 Å². The summed E-state index contributed by atoms with van der Waals surface area (Å²) in [5.41, 5.74) is -0.515. The maximum absolute atomic E-state index is 11.7. The van der Waals surface area contributed by atoms with Crippen LogP contribution in [0.5, 0.6) is 0 Å². The van der Waals surface area contributed by atoms with E-state index in [0.717, 1.165) is 19.3 Å². The number of carboxylic acid groups (broad SMARTS) is 1. The zero-order valence-electron chi connectivity index (χ0n) is 11.4. The summed E-state index contributed by atoms with van der Waals surface area (Å²) in [7, 11) is 0. The van der Waals surface area contributed by atoms with E-state index in [-0.39, 0.29) is 12.6 Å². The average molecular weight is 281 g/mol. The van der Waals surface area contributed by atoms with Crippen molar-refractivity contribution in [2.45, 2.75) is 51.2 Å². The normalized spacial score (nSPS) is 16.6. The third-order valence-corrected chi connectivity index (χ3v) is 3.68. The van der Waals surface area contributed by atoms with E-state index < -0.39 is 23.3 Å². The number of rotatable bonds is 6. The first-order valence-electron chi connectivity index (χ1n) is 6.82. The Bertz CT molecular complexity index is 600. The lowest BCUT2D eigenvalue weighted by atomic mass is 9.92. The third kappa shape index (κ3) is 3.16. The molecule has 0 saturated heterocycles. The molecular weight excluding hydrogens is 262 g/mol. The molecule has 1 atom stereocenters. The predicted molar refractivity (Wildman–Crippen MR) is 72.9 cm³/mol. The zero-order chi connectivity index (χ0) is 14.7. The number of aryl methyl sites for hydroxylation is 1. The minimum absolute atomic E-state index is 0.00838. The van der Waals surface area contributed by atoms with Crippen LogP contribution in [-0.4, -0.2) is 32.7 Å². The number of aromatic amines is 1. The lowest BCUT2D eigenvalue weighted by molar-refractivity contribution is -0.140. The van der Waals surface area contributed by atoms with Gasteiger partial charge >= 0.3 is 11.7 Å². The highest BCUT2D eigenvalue weighted by Crippen LogP contribution is 2.18. The zero-order valence-corrected chi connectivity index (χ0v) is 11.4. The highest BCUT2D eigenvalue weighted by molar-refractivity contribution is 5.73. The Morgan fingerprint density at radius 3 is 2.75 bits per heavy atom. The largest absolute Gasteiger partial charge is 0.480 e. The maximum Gasteiger partial charge on any atom is 0.328 e. The van der Waals surface area contributed by atoms with E-state index >= 15 is 0 Å². The van der Waals surface area contributed by atoms with Crippen molar-refractivity contribution in [1.82, 2.24) is 14.9 Å². The monoisotopic (exact) mass is 281 g/mol. The molecule has 20 heavy (non-hydrogen) atoms. The maximum atomic E-state index is 11.7. The number of hydrogen-bond acceptors (Lipinski definition) is 4. The number of aliphatic carboxylic acids is 1. The lowest BCUT2D eigenvalue weighted by Gasteiger charge is -2.30. The molecule has 3 N–H and O–H groups in total. The molecule has 0 amide bonds. The molecule has 0 aromatic carbocycles. The summed E-state index contributed by atoms with van der Waals surface area (Å²) in [4.78, 5) is 36.7. The van der Waals surface area contributed by atoms with E-state index in [1.165, 1.54) is 10.8 Å². The number of nitrogens with zero attached hydrogens (tertiary/aromatic N) is 1. The summed E-state index contributed by atoms with van der Waals surface area (Å²) in [6.07, 6.45) is 4.96. The van der Waals surface area contributed by atoms with Crippen molar-refractivity contribution >= 4 is 5.97 Å². The number of H-pyrrole nitrogens is 1. The van der Waals surface area contributed by atoms with Gasteiger partial charge in [-0.3, -0.25) is 19.1 Å². The van der Waals surface area contributed by atoms with Crippen molar-refractivity contribution < 1.29 is 9.90 Å². The first-order chi connectivity index (χ1) is 9.51. The Morgan fingerprint density at radius 2 is 2.25 bits per heavy atom. The first kappa shape index (κ1) is 14.5. The van der Waals surface area contributed by atoms with E-state index in [9.17, 15) is 19.5 Å². The van der Waals surface area contributed by atoms with Crippen LogP contribution in [0.25, 0.3) is 0 Å². The molecule has 110 valence electrons. The number of nitrogens with one attached hydrogen (secondary N) is 2. The summed E-state index contributed by atoms with van der Waals surface area (Å²) in [5.74, 6) is -0.993. The van der Waals surface area contributed by atoms with Crippen LogP contribution in [0.4, 0.5) is 0 Å². The Hall–Kier alpha value is -1.89. The topological polar surface area (TPSA) is 104 Å². The molecule has 1 aliphatic carbocycles. The molecule has 1 aromatic heterocycles. The minimum Gasteiger partial charge on any atom is -0.480 e. The summed E-state index contributed by atoms with van der Waals surface area (Å²) in [5, 5.41) is 12.3. The average Bonchev–Trinajstić information content (AvgIpc) is 2.34. The van der Waals surface area contributed by atoms with Crippen molar-refractivity contribution in [3.8, 4) is 0 Å². The van der Waals surface area contributed by atoms with Gasteiger partial charge in [0.1, 0.15) is 6.04 Å². The number of hydrogen-bond donors (Lipinski definition) is 3. The summed E-state index contributed by atoms with van der Waals surface area (Å²) < 4.78 is 1.25. The lowest BCUT2D eigenvalue weighted by Crippen LogP contribution is -2.50. The predicted octanol–water partition coefficient (Wildman–Crippen LogP) is -0.306. The minimum atomic E-state index is -0.993. The number of carbonyl (C=O) groups is 1. The van der Waals surface area contributed by atoms with Crippen molar-refractivity contribution in [2.75, 3.05) is 0 Å². The summed E-state index contributed by atoms with van der Waals surface area (Å²) in [6.45, 7) is 1.81. The van der Waals surface area contributed by atoms with Gasteiger partial charge in [-0.05, 0) is 19.3 Å². The molecule has 1 saturated carbocycles. The van der Waals surface area contributed by atoms with Gasteiger partial charge in [0.25, 0.3) is 5.56 Å². The van der Waals surface area contributed by atoms with Gasteiger partial charge in [-0.1, -0.05) is 13.3 Å². The SMILES string of the molecule is CCc1cn(CC(NC2CCC2)C(=O)O)c(=O)[nH]c1=O. The van der Waals surface area contributed by atoms with Gasteiger partial charge in [-0.2, -0.15) is 0 Å². The van der Waals surface area contributed by atoms with Gasteiger partial charge in [0.05, 0.1) is 6.54 Å². The van der Waals surface area contributed by atoms with Crippen LogP contribution in [-0.2, 0) is 17.8 Å². The van der Waals surface area contributed by atoms with Gasteiger partial charge in [-0.15, -0.1) is 0 Å². The fraction of sp³-hybridized carbons (Fsp3) is 0.615. The Kier molecular flexibility index (Phi) is 4.39. The van der Waals surface area contributed by atoms with Crippen LogP contribution in [0.3, 0.4) is 0 Å². The molecule has 1 fully saturated rings. The van der Waals surface area contributed by atoms with E-state index in [1.54, 1.807) is 6.92 Å². The van der Waals surface area contributed by atoms with Crippen molar-refractivity contribution in [3.63, 3.8) is 0 Å². The molecular formula is C13H19N3O4. The molecule has 0 radical (unpaired) electrons. The summed E-state index contributed by atoms with van der Waals surface area (Å²) in [6, 6.07) is -0.617. The first-order valence-corrected chi connectivity index (χ1v) is 6.82. The molecule has 0 spiro atoms. The second kappa shape index (κ2) is 6.04. The molecule has 1 aromatic rings. The van der Waals surface area contributed by atoms with Gasteiger partial charge in [0.15, 0.2) is 0 Å². The van der Waals surface area contributed by atoms with E-state index in [0.29, 0.717) is 12.0 Å². The van der Waals surface area contributed by atoms with E-state index in [2.05, 4.69) is 10.3 Å². The Morgan fingerprint density at radius 1 is 1.55 bits per heavy atom.